The van der Waals surface area contributed by atoms with Crippen LogP contribution >= 0.6 is 0 Å². The van der Waals surface area contributed by atoms with Crippen LogP contribution in [0, 0.1) is 34.9 Å². The van der Waals surface area contributed by atoms with E-state index in [-0.39, 0.29) is 17.1 Å². The summed E-state index contributed by atoms with van der Waals surface area (Å²) in [5.41, 5.74) is 1.51. The lowest BCUT2D eigenvalue weighted by Crippen LogP contribution is -2.65. The van der Waals surface area contributed by atoms with Crippen LogP contribution < -0.4 is 10.6 Å². The Kier molecular flexibility index (Phi) is 5.43. The third kappa shape index (κ3) is 3.92. The van der Waals surface area contributed by atoms with Gasteiger partial charge in [0, 0.05) is 18.3 Å². The zero-order valence-corrected chi connectivity index (χ0v) is 19.9. The van der Waals surface area contributed by atoms with Crippen molar-refractivity contribution in [3.8, 4) is 17.5 Å². The van der Waals surface area contributed by atoms with E-state index >= 15 is 0 Å². The van der Waals surface area contributed by atoms with Gasteiger partial charge in [-0.3, -0.25) is 20.1 Å². The van der Waals surface area contributed by atoms with Crippen LogP contribution in [0.5, 0.6) is 0 Å². The number of amides is 2. The SMILES string of the molecule is Cc1ncc(F)cc1[C@@H](C)OC(=O)Nc1c(-c2ccc(NC(=O)C34CC(C#N)(C3)C4)cn2)nnn1C. The van der Waals surface area contributed by atoms with Crippen molar-refractivity contribution >= 4 is 23.5 Å². The Balaban J connectivity index is 1.25. The predicted octanol–water partition coefficient (Wildman–Crippen LogP) is 3.66. The monoisotopic (exact) mass is 490 g/mol. The molecule has 0 saturated heterocycles. The van der Waals surface area contributed by atoms with Crippen molar-refractivity contribution in [1.82, 2.24) is 25.0 Å². The molecule has 2 amide bonds. The molecule has 0 aromatic carbocycles. The van der Waals surface area contributed by atoms with Gasteiger partial charge in [0.15, 0.2) is 11.5 Å². The van der Waals surface area contributed by atoms with Gasteiger partial charge in [-0.2, -0.15) is 5.26 Å². The number of rotatable bonds is 6. The molecular formula is C24H23FN8O3. The van der Waals surface area contributed by atoms with Gasteiger partial charge in [-0.15, -0.1) is 5.10 Å². The summed E-state index contributed by atoms with van der Waals surface area (Å²) in [6.45, 7) is 3.32. The summed E-state index contributed by atoms with van der Waals surface area (Å²) in [5, 5.41) is 22.7. The molecule has 3 fully saturated rings. The molecule has 6 rings (SSSR count). The first-order valence-electron chi connectivity index (χ1n) is 11.3. The molecule has 2 N–H and O–H groups in total. The van der Waals surface area contributed by atoms with Crippen LogP contribution in [0.25, 0.3) is 11.4 Å². The Morgan fingerprint density at radius 3 is 2.64 bits per heavy atom. The number of ether oxygens (including phenoxy) is 1. The van der Waals surface area contributed by atoms with E-state index in [0.717, 1.165) is 6.20 Å². The second-order valence-electron chi connectivity index (χ2n) is 9.50. The molecule has 36 heavy (non-hydrogen) atoms. The van der Waals surface area contributed by atoms with Crippen molar-refractivity contribution in [3.05, 3.63) is 47.7 Å². The van der Waals surface area contributed by atoms with Crippen LogP contribution in [0.3, 0.4) is 0 Å². The number of nitrogens with zero attached hydrogens (tertiary/aromatic N) is 6. The number of aromatic nitrogens is 5. The van der Waals surface area contributed by atoms with Crippen molar-refractivity contribution < 1.29 is 18.7 Å². The molecular weight excluding hydrogens is 467 g/mol. The summed E-state index contributed by atoms with van der Waals surface area (Å²) in [6.07, 6.45) is 2.88. The maximum Gasteiger partial charge on any atom is 0.413 e. The minimum Gasteiger partial charge on any atom is -0.441 e. The maximum absolute atomic E-state index is 13.6. The Morgan fingerprint density at radius 1 is 1.22 bits per heavy atom. The van der Waals surface area contributed by atoms with E-state index in [1.165, 1.54) is 16.9 Å². The largest absolute Gasteiger partial charge is 0.441 e. The topological polar surface area (TPSA) is 148 Å². The van der Waals surface area contributed by atoms with Crippen molar-refractivity contribution in [2.45, 2.75) is 39.2 Å². The molecule has 2 bridgehead atoms. The Morgan fingerprint density at radius 2 is 1.97 bits per heavy atom. The molecule has 11 nitrogen and oxygen atoms in total. The van der Waals surface area contributed by atoms with Crippen LogP contribution in [-0.4, -0.2) is 37.0 Å². The van der Waals surface area contributed by atoms with E-state index in [9.17, 15) is 14.0 Å². The van der Waals surface area contributed by atoms with E-state index < -0.39 is 23.4 Å². The van der Waals surface area contributed by atoms with Gasteiger partial charge in [-0.25, -0.2) is 13.9 Å². The predicted molar refractivity (Wildman–Crippen MR) is 125 cm³/mol. The fourth-order valence-electron chi connectivity index (χ4n) is 4.97. The lowest BCUT2D eigenvalue weighted by Gasteiger charge is -2.65. The highest BCUT2D eigenvalue weighted by Gasteiger charge is 2.72. The van der Waals surface area contributed by atoms with Crippen molar-refractivity contribution in [3.63, 3.8) is 0 Å². The van der Waals surface area contributed by atoms with E-state index in [2.05, 4.69) is 37.0 Å². The highest BCUT2D eigenvalue weighted by molar-refractivity contribution is 5.98. The normalized spacial score (nSPS) is 22.4. The summed E-state index contributed by atoms with van der Waals surface area (Å²) in [4.78, 5) is 33.5. The average Bonchev–Trinajstić information content (AvgIpc) is 3.14. The number of aryl methyl sites for hydroxylation is 2. The highest BCUT2D eigenvalue weighted by atomic mass is 19.1. The summed E-state index contributed by atoms with van der Waals surface area (Å²) < 4.78 is 20.3. The fourth-order valence-corrected chi connectivity index (χ4v) is 4.97. The van der Waals surface area contributed by atoms with Crippen LogP contribution in [-0.2, 0) is 16.6 Å². The van der Waals surface area contributed by atoms with Gasteiger partial charge in [-0.05, 0) is 51.3 Å². The molecule has 1 atom stereocenters. The number of pyridine rings is 2. The molecule has 184 valence electrons. The molecule has 3 aliphatic rings. The van der Waals surface area contributed by atoms with Gasteiger partial charge in [0.05, 0.1) is 40.7 Å². The molecule has 3 aromatic heterocycles. The number of hydrogen-bond donors (Lipinski definition) is 2. The number of halogens is 1. The van der Waals surface area contributed by atoms with Crippen LogP contribution in [0.1, 0.15) is 43.5 Å². The molecule has 3 heterocycles. The highest BCUT2D eigenvalue weighted by Crippen LogP contribution is 2.73. The average molecular weight is 490 g/mol. The van der Waals surface area contributed by atoms with Gasteiger partial charge < -0.3 is 10.1 Å². The molecule has 0 aliphatic heterocycles. The van der Waals surface area contributed by atoms with E-state index in [1.807, 2.05) is 0 Å². The first kappa shape index (κ1) is 23.3. The minimum atomic E-state index is -0.782. The lowest BCUT2D eigenvalue weighted by molar-refractivity contribution is -0.179. The van der Waals surface area contributed by atoms with Gasteiger partial charge in [0.1, 0.15) is 11.9 Å². The first-order valence-corrected chi connectivity index (χ1v) is 11.3. The minimum absolute atomic E-state index is 0.100. The van der Waals surface area contributed by atoms with Crippen LogP contribution in [0.4, 0.5) is 20.7 Å². The number of hydrogen-bond acceptors (Lipinski definition) is 8. The third-order valence-corrected chi connectivity index (χ3v) is 6.87. The Bertz CT molecular complexity index is 1390. The number of carbonyl (C=O) groups is 2. The summed E-state index contributed by atoms with van der Waals surface area (Å²) in [7, 11) is 1.60. The summed E-state index contributed by atoms with van der Waals surface area (Å²) in [6, 6.07) is 6.90. The van der Waals surface area contributed by atoms with E-state index in [1.54, 1.807) is 33.0 Å². The van der Waals surface area contributed by atoms with Gasteiger partial charge in [-0.1, -0.05) is 5.21 Å². The van der Waals surface area contributed by atoms with Gasteiger partial charge >= 0.3 is 6.09 Å². The molecule has 0 unspecified atom stereocenters. The molecule has 3 aliphatic carbocycles. The van der Waals surface area contributed by atoms with Crippen molar-refractivity contribution in [1.29, 1.82) is 5.26 Å². The van der Waals surface area contributed by atoms with Crippen LogP contribution in [0.2, 0.25) is 0 Å². The molecule has 3 saturated carbocycles. The number of nitrogens with one attached hydrogen (secondary N) is 2. The first-order chi connectivity index (χ1) is 17.1. The second kappa shape index (κ2) is 8.37. The third-order valence-electron chi connectivity index (χ3n) is 6.87. The maximum atomic E-state index is 13.6. The van der Waals surface area contributed by atoms with Gasteiger partial charge in [0.25, 0.3) is 0 Å². The molecule has 0 spiro atoms. The van der Waals surface area contributed by atoms with Crippen LogP contribution in [0.15, 0.2) is 30.6 Å². The number of anilines is 2. The molecule has 12 heteroatoms. The zero-order valence-electron chi connectivity index (χ0n) is 19.9. The standard InChI is InChI=1S/C24H23FN8O3/c1-13-17(6-15(25)7-27-13)14(2)36-22(35)30-20-19(31-32-33(20)3)18-5-4-16(8-28-18)29-21(34)24-9-23(10-24,11-24)12-26/h4-8,14H,9-11H2,1-3H3,(H,29,34)(H,30,35)/t14-,23?,24?/m1/s1. The Labute approximate surface area is 205 Å². The molecule has 0 radical (unpaired) electrons. The smallest absolute Gasteiger partial charge is 0.413 e. The van der Waals surface area contributed by atoms with E-state index in [4.69, 9.17) is 10.00 Å². The number of nitriles is 1. The Hall–Kier alpha value is -4.40. The quantitative estimate of drug-likeness (QED) is 0.532. The van der Waals surface area contributed by atoms with Gasteiger partial charge in [0.2, 0.25) is 5.91 Å². The lowest BCUT2D eigenvalue weighted by atomic mass is 9.35. The fraction of sp³-hybridized carbons (Fsp3) is 0.375. The second-order valence-corrected chi connectivity index (χ2v) is 9.50. The molecule has 3 aromatic rings. The summed E-state index contributed by atoms with van der Waals surface area (Å²) >= 11 is 0. The summed E-state index contributed by atoms with van der Waals surface area (Å²) in [5.74, 6) is -0.372. The zero-order chi connectivity index (χ0) is 25.7. The van der Waals surface area contributed by atoms with Crippen molar-refractivity contribution in [2.24, 2.45) is 17.9 Å². The van der Waals surface area contributed by atoms with Crippen molar-refractivity contribution in [2.75, 3.05) is 10.6 Å². The van der Waals surface area contributed by atoms with E-state index in [0.29, 0.717) is 47.6 Å². The number of carbonyl (C=O) groups excluding carboxylic acids is 2.